The van der Waals surface area contributed by atoms with Crippen LogP contribution in [0.2, 0.25) is 0 Å². The van der Waals surface area contributed by atoms with Crippen LogP contribution in [-0.2, 0) is 0 Å². The monoisotopic (exact) mass is 126 g/mol. The molecule has 9 heavy (non-hydrogen) atoms. The molecule has 0 aromatic heterocycles. The van der Waals surface area contributed by atoms with E-state index in [2.05, 4.69) is 19.1 Å². The van der Waals surface area contributed by atoms with E-state index in [0.717, 1.165) is 5.92 Å². The molecule has 0 radical (unpaired) electrons. The largest absolute Gasteiger partial charge is 0.0882 e. The molecule has 1 rings (SSSR count). The highest BCUT2D eigenvalue weighted by molar-refractivity contribution is 4.95. The molecule has 0 fully saturated rings. The van der Waals surface area contributed by atoms with Crippen LogP contribution in [0, 0.1) is 5.92 Å². The quantitative estimate of drug-likeness (QED) is 0.497. The Kier molecular flexibility index (Phi) is 4.47. The Bertz CT molecular complexity index is 82.0. The van der Waals surface area contributed by atoms with Crippen molar-refractivity contribution >= 4 is 0 Å². The van der Waals surface area contributed by atoms with Crippen LogP contribution in [0.5, 0.6) is 0 Å². The van der Waals surface area contributed by atoms with Crippen LogP contribution in [0.15, 0.2) is 12.2 Å². The van der Waals surface area contributed by atoms with Gasteiger partial charge >= 0.3 is 0 Å². The lowest BCUT2D eigenvalue weighted by Crippen LogP contribution is -1.88. The average Bonchev–Trinajstić information content (AvgIpc) is 2.19. The van der Waals surface area contributed by atoms with Crippen molar-refractivity contribution in [2.75, 3.05) is 0 Å². The first-order chi connectivity index (χ1) is 3.93. The lowest BCUT2D eigenvalue weighted by molar-refractivity contribution is 0.569. The zero-order valence-corrected chi connectivity index (χ0v) is 5.56. The summed E-state index contributed by atoms with van der Waals surface area (Å²) in [6.45, 7) is 2.26. The Labute approximate surface area is 59.0 Å². The summed E-state index contributed by atoms with van der Waals surface area (Å²) in [5.41, 5.74) is 0. The SMILES string of the molecule is C.CCCC1C=CCC1. The molecule has 0 bridgehead atoms. The molecule has 0 aliphatic heterocycles. The van der Waals surface area contributed by atoms with Gasteiger partial charge in [0, 0.05) is 0 Å². The van der Waals surface area contributed by atoms with E-state index in [0.29, 0.717) is 0 Å². The first-order valence-electron chi connectivity index (χ1n) is 3.60. The third kappa shape index (κ3) is 2.69. The van der Waals surface area contributed by atoms with Gasteiger partial charge in [0.15, 0.2) is 0 Å². The van der Waals surface area contributed by atoms with Crippen molar-refractivity contribution < 1.29 is 0 Å². The minimum atomic E-state index is 0. The summed E-state index contributed by atoms with van der Waals surface area (Å²) >= 11 is 0. The predicted octanol–water partition coefficient (Wildman–Crippen LogP) is 3.39. The molecule has 54 valence electrons. The molecule has 0 nitrogen and oxygen atoms in total. The maximum absolute atomic E-state index is 2.36. The van der Waals surface area contributed by atoms with Gasteiger partial charge in [-0.3, -0.25) is 0 Å². The van der Waals surface area contributed by atoms with E-state index in [1.807, 2.05) is 0 Å². The number of hydrogen-bond donors (Lipinski definition) is 0. The summed E-state index contributed by atoms with van der Waals surface area (Å²) in [7, 11) is 0. The minimum Gasteiger partial charge on any atom is -0.0882 e. The Morgan fingerprint density at radius 3 is 2.78 bits per heavy atom. The van der Waals surface area contributed by atoms with Gasteiger partial charge in [0.2, 0.25) is 0 Å². The van der Waals surface area contributed by atoms with E-state index in [-0.39, 0.29) is 7.43 Å². The van der Waals surface area contributed by atoms with Crippen molar-refractivity contribution in [3.05, 3.63) is 12.2 Å². The van der Waals surface area contributed by atoms with Gasteiger partial charge in [0.25, 0.3) is 0 Å². The maximum Gasteiger partial charge on any atom is -0.0231 e. The second-order valence-electron chi connectivity index (χ2n) is 2.55. The molecule has 0 aromatic carbocycles. The Hall–Kier alpha value is -0.260. The van der Waals surface area contributed by atoms with Crippen molar-refractivity contribution in [1.29, 1.82) is 0 Å². The van der Waals surface area contributed by atoms with Gasteiger partial charge in [-0.2, -0.15) is 0 Å². The minimum absolute atomic E-state index is 0. The fourth-order valence-electron chi connectivity index (χ4n) is 1.31. The number of allylic oxidation sites excluding steroid dienone is 2. The van der Waals surface area contributed by atoms with Crippen molar-refractivity contribution in [2.24, 2.45) is 5.92 Å². The first kappa shape index (κ1) is 8.74. The van der Waals surface area contributed by atoms with Crippen molar-refractivity contribution in [3.8, 4) is 0 Å². The van der Waals surface area contributed by atoms with Crippen LogP contribution in [0.25, 0.3) is 0 Å². The highest BCUT2D eigenvalue weighted by Gasteiger charge is 2.05. The molecule has 0 saturated heterocycles. The molecule has 1 unspecified atom stereocenters. The van der Waals surface area contributed by atoms with Gasteiger partial charge in [-0.1, -0.05) is 32.9 Å². The highest BCUT2D eigenvalue weighted by Crippen LogP contribution is 2.20. The maximum atomic E-state index is 2.36. The zero-order chi connectivity index (χ0) is 5.82. The topological polar surface area (TPSA) is 0 Å². The molecule has 1 atom stereocenters. The lowest BCUT2D eigenvalue weighted by atomic mass is 10.0. The van der Waals surface area contributed by atoms with E-state index in [1.54, 1.807) is 0 Å². The third-order valence-electron chi connectivity index (χ3n) is 1.77. The average molecular weight is 126 g/mol. The van der Waals surface area contributed by atoms with E-state index in [1.165, 1.54) is 25.7 Å². The second-order valence-corrected chi connectivity index (χ2v) is 2.55. The summed E-state index contributed by atoms with van der Waals surface area (Å²) in [5, 5.41) is 0. The molecule has 0 aromatic rings. The molecule has 1 aliphatic rings. The van der Waals surface area contributed by atoms with Gasteiger partial charge in [0.05, 0.1) is 0 Å². The summed E-state index contributed by atoms with van der Waals surface area (Å²) in [4.78, 5) is 0. The van der Waals surface area contributed by atoms with E-state index in [4.69, 9.17) is 0 Å². The lowest BCUT2D eigenvalue weighted by Gasteiger charge is -2.01. The Morgan fingerprint density at radius 1 is 1.56 bits per heavy atom. The highest BCUT2D eigenvalue weighted by atomic mass is 14.1. The first-order valence-corrected chi connectivity index (χ1v) is 3.60. The van der Waals surface area contributed by atoms with Gasteiger partial charge in [0.1, 0.15) is 0 Å². The van der Waals surface area contributed by atoms with Crippen LogP contribution in [0.1, 0.15) is 40.0 Å². The van der Waals surface area contributed by atoms with Crippen LogP contribution in [-0.4, -0.2) is 0 Å². The van der Waals surface area contributed by atoms with Gasteiger partial charge in [-0.25, -0.2) is 0 Å². The fourth-order valence-corrected chi connectivity index (χ4v) is 1.31. The molecule has 0 amide bonds. The van der Waals surface area contributed by atoms with Gasteiger partial charge < -0.3 is 0 Å². The summed E-state index contributed by atoms with van der Waals surface area (Å²) in [6, 6.07) is 0. The van der Waals surface area contributed by atoms with Crippen molar-refractivity contribution in [1.82, 2.24) is 0 Å². The van der Waals surface area contributed by atoms with Crippen molar-refractivity contribution in [3.63, 3.8) is 0 Å². The van der Waals surface area contributed by atoms with Crippen LogP contribution >= 0.6 is 0 Å². The Balaban J connectivity index is 0.000000640. The number of rotatable bonds is 2. The van der Waals surface area contributed by atoms with E-state index >= 15 is 0 Å². The summed E-state index contributed by atoms with van der Waals surface area (Å²) < 4.78 is 0. The Morgan fingerprint density at radius 2 is 2.33 bits per heavy atom. The molecule has 0 heteroatoms. The molecule has 1 aliphatic carbocycles. The summed E-state index contributed by atoms with van der Waals surface area (Å²) in [5.74, 6) is 0.931. The van der Waals surface area contributed by atoms with Gasteiger partial charge in [-0.15, -0.1) is 0 Å². The zero-order valence-electron chi connectivity index (χ0n) is 5.56. The molecule has 0 heterocycles. The number of hydrogen-bond acceptors (Lipinski definition) is 0. The van der Waals surface area contributed by atoms with Crippen molar-refractivity contribution in [2.45, 2.75) is 40.0 Å². The predicted molar refractivity (Wildman–Crippen MR) is 43.5 cm³/mol. The molecular formula is C9H18. The normalized spacial score (nSPS) is 23.9. The van der Waals surface area contributed by atoms with Crippen LogP contribution < -0.4 is 0 Å². The van der Waals surface area contributed by atoms with Gasteiger partial charge in [-0.05, 0) is 25.2 Å². The second kappa shape index (κ2) is 4.60. The van der Waals surface area contributed by atoms with Crippen LogP contribution in [0.3, 0.4) is 0 Å². The molecule has 0 N–H and O–H groups in total. The van der Waals surface area contributed by atoms with E-state index < -0.39 is 0 Å². The molecule has 0 spiro atoms. The van der Waals surface area contributed by atoms with Crippen LogP contribution in [0.4, 0.5) is 0 Å². The van der Waals surface area contributed by atoms with E-state index in [9.17, 15) is 0 Å². The summed E-state index contributed by atoms with van der Waals surface area (Å²) in [6.07, 6.45) is 10.1. The fraction of sp³-hybridized carbons (Fsp3) is 0.778. The smallest absolute Gasteiger partial charge is 0.0231 e. The molecular weight excluding hydrogens is 108 g/mol. The standard InChI is InChI=1S/C8H14.CH4/c1-2-5-8-6-3-4-7-8;/h3,6,8H,2,4-5,7H2,1H3;1H4. The third-order valence-corrected chi connectivity index (χ3v) is 1.77. The molecule has 0 saturated carbocycles.